The van der Waals surface area contributed by atoms with Crippen LogP contribution in [0.4, 0.5) is 16.3 Å². The van der Waals surface area contributed by atoms with Crippen LogP contribution in [0.25, 0.3) is 0 Å². The molecule has 1 aromatic carbocycles. The lowest BCUT2D eigenvalue weighted by atomic mass is 10.1. The maximum absolute atomic E-state index is 12.3. The van der Waals surface area contributed by atoms with E-state index in [1.807, 2.05) is 18.2 Å². The van der Waals surface area contributed by atoms with E-state index in [9.17, 15) is 9.59 Å². The molecule has 0 atom stereocenters. The van der Waals surface area contributed by atoms with Gasteiger partial charge in [0.1, 0.15) is 5.76 Å². The van der Waals surface area contributed by atoms with Gasteiger partial charge in [-0.15, -0.1) is 0 Å². The van der Waals surface area contributed by atoms with E-state index in [1.54, 1.807) is 30.9 Å². The van der Waals surface area contributed by atoms with E-state index in [0.717, 1.165) is 5.69 Å². The molecule has 26 heavy (non-hydrogen) atoms. The van der Waals surface area contributed by atoms with Crippen LogP contribution < -0.4 is 10.2 Å². The van der Waals surface area contributed by atoms with Crippen molar-refractivity contribution in [3.8, 4) is 0 Å². The van der Waals surface area contributed by atoms with Gasteiger partial charge in [-0.3, -0.25) is 5.32 Å². The van der Waals surface area contributed by atoms with Crippen molar-refractivity contribution in [2.75, 3.05) is 43.0 Å². The minimum Gasteiger partial charge on any atom is -0.462 e. The summed E-state index contributed by atoms with van der Waals surface area (Å²) in [4.78, 5) is 28.3. The molecule has 1 aromatic heterocycles. The third-order valence-corrected chi connectivity index (χ3v) is 4.17. The van der Waals surface area contributed by atoms with Gasteiger partial charge in [0.25, 0.3) is 0 Å². The summed E-state index contributed by atoms with van der Waals surface area (Å²) in [6.07, 6.45) is 0. The standard InChI is InChI=1S/C18H22N4O4/c1-3-25-17(23)14-6-4-5-7-15(14)21-8-10-22(11-9-21)18(24)19-16-12-13(2)26-20-16/h4-7,12H,3,8-11H2,1-2H3,(H,19,20,24). The number of amides is 2. The number of aryl methyl sites for hydroxylation is 1. The van der Waals surface area contributed by atoms with Crippen molar-refractivity contribution in [2.24, 2.45) is 0 Å². The molecule has 0 bridgehead atoms. The predicted octanol–water partition coefficient (Wildman–Crippen LogP) is 2.51. The molecule has 1 saturated heterocycles. The number of hydrogen-bond donors (Lipinski definition) is 1. The van der Waals surface area contributed by atoms with Gasteiger partial charge in [0.2, 0.25) is 0 Å². The molecule has 3 rings (SSSR count). The fraction of sp³-hybridized carbons (Fsp3) is 0.389. The molecule has 1 aliphatic rings. The first-order chi connectivity index (χ1) is 12.6. The smallest absolute Gasteiger partial charge is 0.340 e. The molecular weight excluding hydrogens is 336 g/mol. The molecule has 0 radical (unpaired) electrons. The molecule has 2 heterocycles. The second kappa shape index (κ2) is 7.90. The predicted molar refractivity (Wildman–Crippen MR) is 96.4 cm³/mol. The first-order valence-electron chi connectivity index (χ1n) is 8.59. The number of ether oxygens (including phenoxy) is 1. The van der Waals surface area contributed by atoms with Crippen molar-refractivity contribution >= 4 is 23.5 Å². The van der Waals surface area contributed by atoms with E-state index >= 15 is 0 Å². The third kappa shape index (κ3) is 3.96. The highest BCUT2D eigenvalue weighted by Gasteiger charge is 2.24. The largest absolute Gasteiger partial charge is 0.462 e. The Labute approximate surface area is 151 Å². The number of piperazine rings is 1. The lowest BCUT2D eigenvalue weighted by Crippen LogP contribution is -2.50. The Morgan fingerprint density at radius 1 is 1.23 bits per heavy atom. The van der Waals surface area contributed by atoms with E-state index in [4.69, 9.17) is 9.26 Å². The van der Waals surface area contributed by atoms with Gasteiger partial charge in [-0.25, -0.2) is 9.59 Å². The van der Waals surface area contributed by atoms with Crippen LogP contribution in [-0.4, -0.2) is 54.8 Å². The number of nitrogens with one attached hydrogen (secondary N) is 1. The van der Waals surface area contributed by atoms with Crippen LogP contribution in [0.15, 0.2) is 34.9 Å². The van der Waals surface area contributed by atoms with Crippen LogP contribution >= 0.6 is 0 Å². The molecule has 8 nitrogen and oxygen atoms in total. The van der Waals surface area contributed by atoms with Gasteiger partial charge in [0, 0.05) is 32.2 Å². The highest BCUT2D eigenvalue weighted by atomic mass is 16.5. The molecule has 0 unspecified atom stereocenters. The van der Waals surface area contributed by atoms with Crippen LogP contribution in [0.3, 0.4) is 0 Å². The molecular formula is C18H22N4O4. The molecule has 1 fully saturated rings. The summed E-state index contributed by atoms with van der Waals surface area (Å²) in [5.74, 6) is 0.716. The number of aromatic nitrogens is 1. The summed E-state index contributed by atoms with van der Waals surface area (Å²) in [5.41, 5.74) is 1.38. The van der Waals surface area contributed by atoms with Gasteiger partial charge >= 0.3 is 12.0 Å². The highest BCUT2D eigenvalue weighted by Crippen LogP contribution is 2.23. The number of hydrogen-bond acceptors (Lipinski definition) is 6. The van der Waals surface area contributed by atoms with E-state index in [0.29, 0.717) is 49.9 Å². The number of rotatable bonds is 4. The number of carbonyl (C=O) groups is 2. The Hall–Kier alpha value is -3.03. The molecule has 8 heteroatoms. The zero-order valence-corrected chi connectivity index (χ0v) is 14.9. The van der Waals surface area contributed by atoms with Crippen molar-refractivity contribution in [3.05, 3.63) is 41.7 Å². The van der Waals surface area contributed by atoms with Gasteiger partial charge in [-0.05, 0) is 26.0 Å². The number of benzene rings is 1. The van der Waals surface area contributed by atoms with E-state index in [-0.39, 0.29) is 12.0 Å². The molecule has 1 N–H and O–H groups in total. The van der Waals surface area contributed by atoms with Crippen LogP contribution in [0, 0.1) is 6.92 Å². The van der Waals surface area contributed by atoms with Gasteiger partial charge < -0.3 is 19.1 Å². The highest BCUT2D eigenvalue weighted by molar-refractivity contribution is 5.96. The monoisotopic (exact) mass is 358 g/mol. The van der Waals surface area contributed by atoms with Crippen molar-refractivity contribution in [1.82, 2.24) is 10.1 Å². The third-order valence-electron chi connectivity index (χ3n) is 4.17. The number of carbonyl (C=O) groups excluding carboxylic acids is 2. The number of nitrogens with zero attached hydrogens (tertiary/aromatic N) is 3. The van der Waals surface area contributed by atoms with Gasteiger partial charge in [-0.2, -0.15) is 0 Å². The zero-order valence-electron chi connectivity index (χ0n) is 14.9. The van der Waals surface area contributed by atoms with Gasteiger partial charge in [0.05, 0.1) is 17.9 Å². The van der Waals surface area contributed by atoms with Crippen LogP contribution in [-0.2, 0) is 4.74 Å². The lowest BCUT2D eigenvalue weighted by molar-refractivity contribution is 0.0527. The molecule has 138 valence electrons. The molecule has 0 spiro atoms. The van der Waals surface area contributed by atoms with Crippen LogP contribution in [0.2, 0.25) is 0 Å². The second-order valence-corrected chi connectivity index (χ2v) is 5.96. The summed E-state index contributed by atoms with van der Waals surface area (Å²) < 4.78 is 10.1. The maximum Gasteiger partial charge on any atom is 0.340 e. The Bertz CT molecular complexity index is 781. The van der Waals surface area contributed by atoms with Crippen molar-refractivity contribution in [1.29, 1.82) is 0 Å². The maximum atomic E-state index is 12.3. The topological polar surface area (TPSA) is 87.9 Å². The fourth-order valence-electron chi connectivity index (χ4n) is 2.90. The average Bonchev–Trinajstić information content (AvgIpc) is 3.07. The summed E-state index contributed by atoms with van der Waals surface area (Å²) in [7, 11) is 0. The Balaban J connectivity index is 1.62. The molecule has 2 amide bonds. The van der Waals surface area contributed by atoms with Crippen LogP contribution in [0.5, 0.6) is 0 Å². The SMILES string of the molecule is CCOC(=O)c1ccccc1N1CCN(C(=O)Nc2cc(C)on2)CC1. The summed E-state index contributed by atoms with van der Waals surface area (Å²) in [6.45, 7) is 6.22. The van der Waals surface area contributed by atoms with Crippen molar-refractivity contribution < 1.29 is 18.8 Å². The minimum atomic E-state index is -0.329. The summed E-state index contributed by atoms with van der Waals surface area (Å²) in [5, 5.41) is 6.49. The van der Waals surface area contributed by atoms with Crippen molar-refractivity contribution in [3.63, 3.8) is 0 Å². The lowest BCUT2D eigenvalue weighted by Gasteiger charge is -2.36. The Morgan fingerprint density at radius 2 is 1.96 bits per heavy atom. The fourth-order valence-corrected chi connectivity index (χ4v) is 2.90. The van der Waals surface area contributed by atoms with Crippen molar-refractivity contribution in [2.45, 2.75) is 13.8 Å². The Morgan fingerprint density at radius 3 is 2.62 bits per heavy atom. The molecule has 0 aliphatic carbocycles. The minimum absolute atomic E-state index is 0.211. The first-order valence-corrected chi connectivity index (χ1v) is 8.59. The molecule has 0 saturated carbocycles. The quantitative estimate of drug-likeness (QED) is 0.845. The zero-order chi connectivity index (χ0) is 18.5. The second-order valence-electron chi connectivity index (χ2n) is 5.96. The number of para-hydroxylation sites is 1. The van der Waals surface area contributed by atoms with Crippen LogP contribution in [0.1, 0.15) is 23.0 Å². The van der Waals surface area contributed by atoms with E-state index in [2.05, 4.69) is 15.4 Å². The van der Waals surface area contributed by atoms with Gasteiger partial charge in [-0.1, -0.05) is 17.3 Å². The van der Waals surface area contributed by atoms with E-state index < -0.39 is 0 Å². The number of esters is 1. The summed E-state index contributed by atoms with van der Waals surface area (Å²) >= 11 is 0. The molecule has 2 aromatic rings. The van der Waals surface area contributed by atoms with E-state index in [1.165, 1.54) is 0 Å². The normalized spacial score (nSPS) is 14.2. The number of anilines is 2. The number of urea groups is 1. The average molecular weight is 358 g/mol. The first kappa shape index (κ1) is 17.8. The molecule has 1 aliphatic heterocycles. The summed E-state index contributed by atoms with van der Waals surface area (Å²) in [6, 6.07) is 8.84. The van der Waals surface area contributed by atoms with Gasteiger partial charge in [0.15, 0.2) is 5.82 Å². The Kier molecular flexibility index (Phi) is 5.40.